The SMILES string of the molecule is CC(Oc1ccc(CNC(=O)O)cc1)C(F)(F)F. The summed E-state index contributed by atoms with van der Waals surface area (Å²) in [5, 5.41) is 10.5. The summed E-state index contributed by atoms with van der Waals surface area (Å²) in [5.41, 5.74) is 0.629. The number of amides is 1. The summed E-state index contributed by atoms with van der Waals surface area (Å²) in [5.74, 6) is 0.0823. The minimum Gasteiger partial charge on any atom is -0.481 e. The summed E-state index contributed by atoms with van der Waals surface area (Å²) in [6, 6.07) is 5.71. The average Bonchev–Trinajstić information content (AvgIpc) is 2.26. The molecule has 2 N–H and O–H groups in total. The van der Waals surface area contributed by atoms with Gasteiger partial charge in [0.15, 0.2) is 6.10 Å². The Morgan fingerprint density at radius 2 is 1.94 bits per heavy atom. The second kappa shape index (κ2) is 5.61. The van der Waals surface area contributed by atoms with E-state index < -0.39 is 18.4 Å². The normalized spacial score (nSPS) is 12.9. The predicted molar refractivity (Wildman–Crippen MR) is 57.5 cm³/mol. The topological polar surface area (TPSA) is 58.6 Å². The van der Waals surface area contributed by atoms with Gasteiger partial charge in [0.1, 0.15) is 5.75 Å². The van der Waals surface area contributed by atoms with Gasteiger partial charge in [-0.15, -0.1) is 0 Å². The van der Waals surface area contributed by atoms with Crippen LogP contribution in [0.15, 0.2) is 24.3 Å². The lowest BCUT2D eigenvalue weighted by Crippen LogP contribution is -2.31. The van der Waals surface area contributed by atoms with Crippen LogP contribution in [-0.2, 0) is 6.54 Å². The molecule has 0 aliphatic rings. The first-order valence-corrected chi connectivity index (χ1v) is 5.08. The maximum absolute atomic E-state index is 12.2. The van der Waals surface area contributed by atoms with Crippen molar-refractivity contribution >= 4 is 6.09 Å². The summed E-state index contributed by atoms with van der Waals surface area (Å²) >= 11 is 0. The lowest BCUT2D eigenvalue weighted by molar-refractivity contribution is -0.189. The highest BCUT2D eigenvalue weighted by molar-refractivity contribution is 5.64. The van der Waals surface area contributed by atoms with Crippen LogP contribution in [-0.4, -0.2) is 23.5 Å². The van der Waals surface area contributed by atoms with Crippen LogP contribution in [0.25, 0.3) is 0 Å². The zero-order chi connectivity index (χ0) is 13.8. The molecule has 1 amide bonds. The zero-order valence-electron chi connectivity index (χ0n) is 9.49. The third kappa shape index (κ3) is 4.52. The van der Waals surface area contributed by atoms with E-state index in [4.69, 9.17) is 9.84 Å². The molecule has 0 radical (unpaired) electrons. The van der Waals surface area contributed by atoms with Gasteiger partial charge in [-0.2, -0.15) is 13.2 Å². The van der Waals surface area contributed by atoms with Crippen LogP contribution in [0.3, 0.4) is 0 Å². The number of ether oxygens (including phenoxy) is 1. The number of halogens is 3. The van der Waals surface area contributed by atoms with Crippen molar-refractivity contribution in [1.29, 1.82) is 0 Å². The summed E-state index contributed by atoms with van der Waals surface area (Å²) in [4.78, 5) is 10.2. The van der Waals surface area contributed by atoms with E-state index in [0.717, 1.165) is 6.92 Å². The number of rotatable bonds is 4. The van der Waals surface area contributed by atoms with Crippen LogP contribution in [0, 0.1) is 0 Å². The molecule has 0 spiro atoms. The highest BCUT2D eigenvalue weighted by Gasteiger charge is 2.37. The van der Waals surface area contributed by atoms with Gasteiger partial charge in [-0.1, -0.05) is 12.1 Å². The average molecular weight is 263 g/mol. The van der Waals surface area contributed by atoms with E-state index in [-0.39, 0.29) is 12.3 Å². The lowest BCUT2D eigenvalue weighted by atomic mass is 10.2. The van der Waals surface area contributed by atoms with Gasteiger partial charge >= 0.3 is 12.3 Å². The smallest absolute Gasteiger partial charge is 0.425 e. The fourth-order valence-electron chi connectivity index (χ4n) is 1.13. The number of nitrogens with one attached hydrogen (secondary N) is 1. The third-order valence-electron chi connectivity index (χ3n) is 2.14. The van der Waals surface area contributed by atoms with Gasteiger partial charge in [-0.25, -0.2) is 4.79 Å². The molecule has 1 rings (SSSR count). The molecule has 1 aromatic carbocycles. The Bertz CT molecular complexity index is 403. The summed E-state index contributed by atoms with van der Waals surface area (Å²) in [6.07, 6.45) is -7.47. The van der Waals surface area contributed by atoms with E-state index in [1.165, 1.54) is 24.3 Å². The lowest BCUT2D eigenvalue weighted by Gasteiger charge is -2.17. The number of carbonyl (C=O) groups is 1. The standard InChI is InChI=1S/C11H12F3NO3/c1-7(11(12,13)14)18-9-4-2-8(3-5-9)6-15-10(16)17/h2-5,7,15H,6H2,1H3,(H,16,17). The second-order valence-electron chi connectivity index (χ2n) is 3.60. The van der Waals surface area contributed by atoms with Crippen LogP contribution in [0.1, 0.15) is 12.5 Å². The minimum absolute atomic E-state index is 0.0823. The quantitative estimate of drug-likeness (QED) is 0.878. The van der Waals surface area contributed by atoms with Gasteiger partial charge in [0.2, 0.25) is 0 Å². The van der Waals surface area contributed by atoms with E-state index in [1.807, 2.05) is 0 Å². The van der Waals surface area contributed by atoms with Gasteiger partial charge in [0.05, 0.1) is 0 Å². The van der Waals surface area contributed by atoms with Crippen LogP contribution in [0.4, 0.5) is 18.0 Å². The van der Waals surface area contributed by atoms with Crippen molar-refractivity contribution in [1.82, 2.24) is 5.32 Å². The Morgan fingerprint density at radius 3 is 2.39 bits per heavy atom. The first-order chi connectivity index (χ1) is 8.29. The Labute approximate surface area is 101 Å². The van der Waals surface area contributed by atoms with Gasteiger partial charge in [-0.05, 0) is 24.6 Å². The molecule has 0 aliphatic carbocycles. The molecule has 0 saturated heterocycles. The zero-order valence-corrected chi connectivity index (χ0v) is 9.49. The van der Waals surface area contributed by atoms with Crippen molar-refractivity contribution in [3.63, 3.8) is 0 Å². The number of alkyl halides is 3. The summed E-state index contributed by atoms with van der Waals surface area (Å²) < 4.78 is 41.4. The number of hydrogen-bond acceptors (Lipinski definition) is 2. The highest BCUT2D eigenvalue weighted by atomic mass is 19.4. The first-order valence-electron chi connectivity index (χ1n) is 5.08. The number of carboxylic acid groups (broad SMARTS) is 1. The Morgan fingerprint density at radius 1 is 1.39 bits per heavy atom. The molecule has 4 nitrogen and oxygen atoms in total. The van der Waals surface area contributed by atoms with Crippen molar-refractivity contribution in [2.24, 2.45) is 0 Å². The van der Waals surface area contributed by atoms with Crippen LogP contribution < -0.4 is 10.1 Å². The van der Waals surface area contributed by atoms with Gasteiger partial charge < -0.3 is 15.2 Å². The van der Waals surface area contributed by atoms with Gasteiger partial charge in [0.25, 0.3) is 0 Å². The summed E-state index contributed by atoms with van der Waals surface area (Å²) in [6.45, 7) is 1.00. The summed E-state index contributed by atoms with van der Waals surface area (Å²) in [7, 11) is 0. The molecule has 0 aromatic heterocycles. The fraction of sp³-hybridized carbons (Fsp3) is 0.364. The van der Waals surface area contributed by atoms with Crippen molar-refractivity contribution < 1.29 is 27.8 Å². The molecular formula is C11H12F3NO3. The van der Waals surface area contributed by atoms with Crippen molar-refractivity contribution in [3.8, 4) is 5.75 Å². The molecule has 1 atom stereocenters. The van der Waals surface area contributed by atoms with E-state index in [1.54, 1.807) is 0 Å². The molecule has 1 aromatic rings. The fourth-order valence-corrected chi connectivity index (χ4v) is 1.13. The molecule has 0 heterocycles. The molecule has 0 saturated carbocycles. The number of hydrogen-bond donors (Lipinski definition) is 2. The van der Waals surface area contributed by atoms with Gasteiger partial charge in [-0.3, -0.25) is 0 Å². The molecular weight excluding hydrogens is 251 g/mol. The molecule has 100 valence electrons. The molecule has 0 aliphatic heterocycles. The molecule has 1 unspecified atom stereocenters. The predicted octanol–water partition coefficient (Wildman–Crippen LogP) is 2.78. The number of benzene rings is 1. The second-order valence-corrected chi connectivity index (χ2v) is 3.60. The highest BCUT2D eigenvalue weighted by Crippen LogP contribution is 2.24. The van der Waals surface area contributed by atoms with Crippen LogP contribution in [0.5, 0.6) is 5.75 Å². The van der Waals surface area contributed by atoms with Crippen molar-refractivity contribution in [3.05, 3.63) is 29.8 Å². The van der Waals surface area contributed by atoms with Crippen molar-refractivity contribution in [2.45, 2.75) is 25.7 Å². The van der Waals surface area contributed by atoms with Crippen LogP contribution >= 0.6 is 0 Å². The van der Waals surface area contributed by atoms with E-state index in [9.17, 15) is 18.0 Å². The maximum Gasteiger partial charge on any atom is 0.425 e. The van der Waals surface area contributed by atoms with E-state index >= 15 is 0 Å². The Hall–Kier alpha value is -1.92. The van der Waals surface area contributed by atoms with E-state index in [2.05, 4.69) is 5.32 Å². The van der Waals surface area contributed by atoms with Crippen molar-refractivity contribution in [2.75, 3.05) is 0 Å². The largest absolute Gasteiger partial charge is 0.481 e. The first kappa shape index (κ1) is 14.1. The monoisotopic (exact) mass is 263 g/mol. The third-order valence-corrected chi connectivity index (χ3v) is 2.14. The Kier molecular flexibility index (Phi) is 4.41. The minimum atomic E-state index is -4.41. The molecule has 0 bridgehead atoms. The molecule has 0 fully saturated rings. The Balaban J connectivity index is 2.58. The maximum atomic E-state index is 12.2. The molecule has 18 heavy (non-hydrogen) atoms. The van der Waals surface area contributed by atoms with Crippen LogP contribution in [0.2, 0.25) is 0 Å². The van der Waals surface area contributed by atoms with Gasteiger partial charge in [0, 0.05) is 6.54 Å². The van der Waals surface area contributed by atoms with E-state index in [0.29, 0.717) is 5.56 Å². The molecule has 7 heteroatoms.